The fourth-order valence-corrected chi connectivity index (χ4v) is 6.62. The minimum Gasteiger partial charge on any atom is -0.510 e. The van der Waals surface area contributed by atoms with Gasteiger partial charge in [-0.05, 0) is 50.2 Å². The maximum atomic E-state index is 14.0. The molecule has 1 aromatic carbocycles. The predicted octanol–water partition coefficient (Wildman–Crippen LogP) is 1.73. The smallest absolute Gasteiger partial charge is 0.283 e. The number of benzene rings is 1. The number of carbonyl (C=O) groups excluding carboxylic acids is 4. The fourth-order valence-electron chi connectivity index (χ4n) is 6.18. The van der Waals surface area contributed by atoms with Crippen molar-refractivity contribution in [3.05, 3.63) is 39.9 Å². The third-order valence-corrected chi connectivity index (χ3v) is 8.55. The second-order valence-corrected chi connectivity index (χ2v) is 11.8. The summed E-state index contributed by atoms with van der Waals surface area (Å²) >= 11 is 0.984. The largest absolute Gasteiger partial charge is 0.510 e. The summed E-state index contributed by atoms with van der Waals surface area (Å²) in [7, 11) is 7.96. The van der Waals surface area contributed by atoms with E-state index in [1.54, 1.807) is 46.1 Å². The van der Waals surface area contributed by atoms with Crippen molar-refractivity contribution in [3.8, 4) is 5.75 Å². The van der Waals surface area contributed by atoms with Gasteiger partial charge in [-0.3, -0.25) is 24.1 Å². The number of likely N-dealkylation sites (N-methyl/N-ethyl adjacent to an activating group) is 2. The number of rotatable bonds is 5. The van der Waals surface area contributed by atoms with Gasteiger partial charge in [0.1, 0.15) is 17.1 Å². The van der Waals surface area contributed by atoms with Gasteiger partial charge in [0, 0.05) is 38.3 Å². The number of phenols is 1. The number of hydrogen-bond acceptors (Lipinski definition) is 11. The Bertz CT molecular complexity index is 1380. The van der Waals surface area contributed by atoms with Crippen molar-refractivity contribution in [1.82, 2.24) is 10.2 Å². The molecular formula is C27H34N4O8S. The number of fused-ring (bicyclic) bond motifs is 3. The van der Waals surface area contributed by atoms with Crippen molar-refractivity contribution < 1.29 is 39.6 Å². The summed E-state index contributed by atoms with van der Waals surface area (Å²) in [6.07, 6.45) is 0.174. The van der Waals surface area contributed by atoms with Crippen molar-refractivity contribution in [3.63, 3.8) is 0 Å². The minimum absolute atomic E-state index is 0.00357. The highest BCUT2D eigenvalue weighted by Gasteiger charge is 2.63. The second kappa shape index (κ2) is 10.5. The molecule has 0 aliphatic heterocycles. The molecule has 4 rings (SSSR count). The van der Waals surface area contributed by atoms with Gasteiger partial charge in [-0.15, -0.1) is 0 Å². The van der Waals surface area contributed by atoms with Crippen molar-refractivity contribution in [2.75, 3.05) is 51.2 Å². The van der Waals surface area contributed by atoms with Crippen LogP contribution in [0.15, 0.2) is 28.7 Å². The minimum atomic E-state index is -2.68. The second-order valence-electron chi connectivity index (χ2n) is 10.6. The molecule has 0 unspecified atom stereocenters. The number of nitrogens with one attached hydrogen (secondary N) is 2. The molecule has 12 nitrogen and oxygen atoms in total. The van der Waals surface area contributed by atoms with E-state index in [4.69, 9.17) is 0 Å². The number of aliphatic hydroxyl groups excluding tert-OH is 2. The Hall–Kier alpha value is -3.55. The van der Waals surface area contributed by atoms with Gasteiger partial charge in [-0.1, -0.05) is 18.7 Å². The number of thioether (sulfide) groups is 1. The first-order chi connectivity index (χ1) is 18.7. The van der Waals surface area contributed by atoms with Crippen LogP contribution in [0.4, 0.5) is 16.2 Å². The highest BCUT2D eigenvalue weighted by Crippen LogP contribution is 2.54. The summed E-state index contributed by atoms with van der Waals surface area (Å²) in [4.78, 5) is 55.8. The number of anilines is 2. The molecule has 0 saturated carbocycles. The van der Waals surface area contributed by atoms with Crippen LogP contribution in [0.5, 0.6) is 5.75 Å². The summed E-state index contributed by atoms with van der Waals surface area (Å²) < 4.78 is 0. The van der Waals surface area contributed by atoms with Crippen LogP contribution in [0.1, 0.15) is 29.3 Å². The number of hydrogen-bond donors (Lipinski definition) is 6. The third-order valence-electron chi connectivity index (χ3n) is 7.90. The van der Waals surface area contributed by atoms with Crippen LogP contribution in [0.25, 0.3) is 0 Å². The molecule has 13 heteroatoms. The zero-order valence-electron chi connectivity index (χ0n) is 23.2. The molecule has 6 N–H and O–H groups in total. The molecular weight excluding hydrogens is 540 g/mol. The van der Waals surface area contributed by atoms with Gasteiger partial charge in [0.05, 0.1) is 17.3 Å². The quantitative estimate of drug-likeness (QED) is 0.223. The average molecular weight is 575 g/mol. The fraction of sp³-hybridized carbons (Fsp3) is 0.481. The lowest BCUT2D eigenvalue weighted by molar-refractivity contribution is -0.148. The van der Waals surface area contributed by atoms with Crippen LogP contribution < -0.4 is 15.5 Å². The monoisotopic (exact) mass is 574 g/mol. The zero-order valence-corrected chi connectivity index (χ0v) is 24.0. The molecule has 0 heterocycles. The maximum absolute atomic E-state index is 14.0. The Morgan fingerprint density at radius 2 is 1.80 bits per heavy atom. The molecule has 0 fully saturated rings. The van der Waals surface area contributed by atoms with Gasteiger partial charge < -0.3 is 36.0 Å². The summed E-state index contributed by atoms with van der Waals surface area (Å²) in [5.74, 6) is -6.17. The van der Waals surface area contributed by atoms with Crippen LogP contribution in [-0.2, 0) is 16.0 Å². The molecule has 3 aliphatic rings. The lowest BCUT2D eigenvalue weighted by Gasteiger charge is -2.50. The van der Waals surface area contributed by atoms with Gasteiger partial charge in [0.2, 0.25) is 5.78 Å². The number of phenolic OH excluding ortho intramolecular Hbond substituents is 1. The maximum Gasteiger partial charge on any atom is 0.283 e. The number of amides is 2. The van der Waals surface area contributed by atoms with E-state index in [9.17, 15) is 39.6 Å². The van der Waals surface area contributed by atoms with Crippen LogP contribution >= 0.6 is 11.8 Å². The number of nitrogens with zero attached hydrogens (tertiary/aromatic N) is 2. The molecule has 0 bridgehead atoms. The molecule has 0 aromatic heterocycles. The highest BCUT2D eigenvalue weighted by molar-refractivity contribution is 8.13. The number of ketones is 2. The molecule has 3 aliphatic carbocycles. The topological polar surface area (TPSA) is 180 Å². The Balaban J connectivity index is 1.94. The highest BCUT2D eigenvalue weighted by atomic mass is 32.2. The zero-order chi connectivity index (χ0) is 29.8. The summed E-state index contributed by atoms with van der Waals surface area (Å²) in [5.41, 5.74) is -2.73. The molecule has 1 aromatic rings. The Kier molecular flexibility index (Phi) is 7.69. The third kappa shape index (κ3) is 4.23. The number of carbonyl (C=O) groups is 4. The summed E-state index contributed by atoms with van der Waals surface area (Å²) in [6.45, 7) is 1.79. The number of allylic oxidation sites excluding steroid dienone is 1. The number of Topliss-reactive ketones (excluding diaryl/α,β-unsaturated/α-hetero) is 2. The molecule has 2 amide bonds. The SMILES string of the molecule is CCSC(=O)Nc1cc(N(C)C)c2c(c1O)C(=O)C1=C(O)[C@]3(O)C(=O)C(C(=O)NC)=C(O)[C@@H](N(C)C)[C@@H]3C[C@@H]1C2. The Labute approximate surface area is 235 Å². The first-order valence-electron chi connectivity index (χ1n) is 12.8. The van der Waals surface area contributed by atoms with E-state index in [1.807, 2.05) is 0 Å². The van der Waals surface area contributed by atoms with E-state index in [0.717, 1.165) is 11.8 Å². The molecule has 0 radical (unpaired) electrons. The Morgan fingerprint density at radius 1 is 1.15 bits per heavy atom. The average Bonchev–Trinajstić information content (AvgIpc) is 2.87. The van der Waals surface area contributed by atoms with Gasteiger partial charge >= 0.3 is 0 Å². The van der Waals surface area contributed by atoms with E-state index in [0.29, 0.717) is 17.0 Å². The molecule has 0 spiro atoms. The van der Waals surface area contributed by atoms with E-state index >= 15 is 0 Å². The van der Waals surface area contributed by atoms with E-state index in [2.05, 4.69) is 10.6 Å². The van der Waals surface area contributed by atoms with Gasteiger partial charge in [-0.2, -0.15) is 0 Å². The lowest BCUT2D eigenvalue weighted by atomic mass is 9.58. The first-order valence-corrected chi connectivity index (χ1v) is 13.8. The van der Waals surface area contributed by atoms with Crippen molar-refractivity contribution in [1.29, 1.82) is 0 Å². The summed E-state index contributed by atoms with van der Waals surface area (Å²) in [6, 6.07) is 0.547. The number of aromatic hydroxyl groups is 1. The van der Waals surface area contributed by atoms with Gasteiger partial charge in [0.15, 0.2) is 17.1 Å². The normalized spacial score (nSPS) is 25.9. The first kappa shape index (κ1) is 29.4. The van der Waals surface area contributed by atoms with Crippen LogP contribution in [0.3, 0.4) is 0 Å². The van der Waals surface area contributed by atoms with Crippen molar-refractivity contribution in [2.45, 2.75) is 31.4 Å². The van der Waals surface area contributed by atoms with E-state index < -0.39 is 69.0 Å². The van der Waals surface area contributed by atoms with Gasteiger partial charge in [-0.25, -0.2) is 0 Å². The van der Waals surface area contributed by atoms with E-state index in [1.165, 1.54) is 11.9 Å². The van der Waals surface area contributed by atoms with Crippen LogP contribution in [0.2, 0.25) is 0 Å². The number of aliphatic hydroxyl groups is 3. The van der Waals surface area contributed by atoms with E-state index in [-0.39, 0.29) is 29.7 Å². The molecule has 0 saturated heterocycles. The van der Waals surface area contributed by atoms with Crippen molar-refractivity contribution in [2.24, 2.45) is 11.8 Å². The molecule has 4 atom stereocenters. The molecule has 40 heavy (non-hydrogen) atoms. The summed E-state index contributed by atoms with van der Waals surface area (Å²) in [5, 5.41) is 49.9. The van der Waals surface area contributed by atoms with Gasteiger partial charge in [0.25, 0.3) is 11.1 Å². The predicted molar refractivity (Wildman–Crippen MR) is 150 cm³/mol. The lowest BCUT2D eigenvalue weighted by Crippen LogP contribution is -2.64. The van der Waals surface area contributed by atoms with Crippen LogP contribution in [-0.4, -0.2) is 101 Å². The Morgan fingerprint density at radius 3 is 2.35 bits per heavy atom. The van der Waals surface area contributed by atoms with Crippen LogP contribution in [0, 0.1) is 11.8 Å². The van der Waals surface area contributed by atoms with Crippen molar-refractivity contribution >= 4 is 45.8 Å². The molecule has 216 valence electrons. The standard InChI is InChI=1S/C27H34N4O8S/c1-7-40-26(38)29-14-10-15(30(3)4)12-8-11-9-13-19(31(5)6)22(34)18(25(37)28-2)24(36)27(13,39)23(35)16(11)21(33)17(12)20(14)32/h10-11,13,19,32,34-35,39H,7-9H2,1-6H3,(H,28,37)(H,29,38)/t11-,13-,19-,27-/m0/s1.